The molecule has 0 aliphatic heterocycles. The largest absolute Gasteiger partial charge is 0.382 e. The minimum Gasteiger partial charge on any atom is -0.382 e. The third kappa shape index (κ3) is 6.72. The second-order valence-corrected chi connectivity index (χ2v) is 5.36. The van der Waals surface area contributed by atoms with E-state index in [1.807, 2.05) is 0 Å². The van der Waals surface area contributed by atoms with E-state index in [9.17, 15) is 0 Å². The van der Waals surface area contributed by atoms with Gasteiger partial charge in [0, 0.05) is 13.7 Å². The zero-order valence-electron chi connectivity index (χ0n) is 12.2. The van der Waals surface area contributed by atoms with Crippen LogP contribution < -0.4 is 5.32 Å². The summed E-state index contributed by atoms with van der Waals surface area (Å²) in [5.74, 6) is 1.82. The summed E-state index contributed by atoms with van der Waals surface area (Å²) in [7, 11) is 1.72. The molecule has 108 valence electrons. The third-order valence-electron chi connectivity index (χ3n) is 4.02. The SMILES string of the molecule is CCNCC1CCCCC1CCCOCCOC. The van der Waals surface area contributed by atoms with Gasteiger partial charge in [-0.1, -0.05) is 26.2 Å². The van der Waals surface area contributed by atoms with Crippen LogP contribution in [0.4, 0.5) is 0 Å². The monoisotopic (exact) mass is 257 g/mol. The number of nitrogens with one attached hydrogen (secondary N) is 1. The van der Waals surface area contributed by atoms with Gasteiger partial charge in [-0.15, -0.1) is 0 Å². The van der Waals surface area contributed by atoms with Gasteiger partial charge in [0.25, 0.3) is 0 Å². The average molecular weight is 257 g/mol. The fraction of sp³-hybridized carbons (Fsp3) is 1.00. The number of hydrogen-bond acceptors (Lipinski definition) is 3. The molecular weight excluding hydrogens is 226 g/mol. The number of rotatable bonds is 10. The Kier molecular flexibility index (Phi) is 9.54. The first kappa shape index (κ1) is 15.9. The van der Waals surface area contributed by atoms with Crippen molar-refractivity contribution in [2.24, 2.45) is 11.8 Å². The van der Waals surface area contributed by atoms with Crippen molar-refractivity contribution < 1.29 is 9.47 Å². The normalized spacial score (nSPS) is 24.3. The van der Waals surface area contributed by atoms with Crippen molar-refractivity contribution in [1.29, 1.82) is 0 Å². The molecule has 1 rings (SSSR count). The predicted octanol–water partition coefficient (Wildman–Crippen LogP) is 2.85. The van der Waals surface area contributed by atoms with Crippen LogP contribution in [0.3, 0.4) is 0 Å². The Bertz CT molecular complexity index is 187. The zero-order chi connectivity index (χ0) is 13.1. The van der Waals surface area contributed by atoms with E-state index in [4.69, 9.17) is 9.47 Å². The highest BCUT2D eigenvalue weighted by Gasteiger charge is 2.23. The minimum atomic E-state index is 0.715. The summed E-state index contributed by atoms with van der Waals surface area (Å²) in [6.07, 6.45) is 8.24. The molecule has 1 aliphatic rings. The molecule has 0 aromatic heterocycles. The molecule has 1 aliphatic carbocycles. The second-order valence-electron chi connectivity index (χ2n) is 5.36. The molecule has 0 saturated heterocycles. The second kappa shape index (κ2) is 10.8. The molecule has 0 aromatic carbocycles. The number of hydrogen-bond donors (Lipinski definition) is 1. The first-order valence-electron chi connectivity index (χ1n) is 7.65. The van der Waals surface area contributed by atoms with Crippen LogP contribution in [0.2, 0.25) is 0 Å². The van der Waals surface area contributed by atoms with Gasteiger partial charge < -0.3 is 14.8 Å². The Morgan fingerprint density at radius 1 is 1.06 bits per heavy atom. The maximum absolute atomic E-state index is 5.54. The summed E-state index contributed by atoms with van der Waals surface area (Å²) in [6, 6.07) is 0. The first-order valence-corrected chi connectivity index (χ1v) is 7.65. The highest BCUT2D eigenvalue weighted by Crippen LogP contribution is 2.32. The van der Waals surface area contributed by atoms with Crippen molar-refractivity contribution in [3.05, 3.63) is 0 Å². The van der Waals surface area contributed by atoms with E-state index in [0.29, 0.717) is 6.61 Å². The Labute approximate surface area is 113 Å². The zero-order valence-corrected chi connectivity index (χ0v) is 12.2. The minimum absolute atomic E-state index is 0.715. The van der Waals surface area contributed by atoms with Crippen molar-refractivity contribution in [2.75, 3.05) is 40.0 Å². The van der Waals surface area contributed by atoms with Crippen molar-refractivity contribution in [3.63, 3.8) is 0 Å². The lowest BCUT2D eigenvalue weighted by atomic mass is 9.77. The molecule has 3 nitrogen and oxygen atoms in total. The summed E-state index contributed by atoms with van der Waals surface area (Å²) in [6.45, 7) is 6.86. The summed E-state index contributed by atoms with van der Waals surface area (Å²) in [5, 5.41) is 3.52. The van der Waals surface area contributed by atoms with Crippen LogP contribution in [0, 0.1) is 11.8 Å². The van der Waals surface area contributed by atoms with Gasteiger partial charge in [0.05, 0.1) is 13.2 Å². The number of methoxy groups -OCH3 is 1. The van der Waals surface area contributed by atoms with E-state index >= 15 is 0 Å². The van der Waals surface area contributed by atoms with Crippen LogP contribution in [0.25, 0.3) is 0 Å². The molecule has 0 bridgehead atoms. The molecule has 1 N–H and O–H groups in total. The van der Waals surface area contributed by atoms with Gasteiger partial charge in [-0.25, -0.2) is 0 Å². The highest BCUT2D eigenvalue weighted by atomic mass is 16.5. The lowest BCUT2D eigenvalue weighted by Crippen LogP contribution is -2.30. The molecule has 18 heavy (non-hydrogen) atoms. The fourth-order valence-corrected chi connectivity index (χ4v) is 2.95. The maximum Gasteiger partial charge on any atom is 0.0700 e. The van der Waals surface area contributed by atoms with Crippen molar-refractivity contribution in [1.82, 2.24) is 5.32 Å². The average Bonchev–Trinajstić information content (AvgIpc) is 2.41. The Morgan fingerprint density at radius 2 is 1.83 bits per heavy atom. The molecule has 0 heterocycles. The first-order chi connectivity index (χ1) is 8.88. The molecule has 0 amide bonds. The third-order valence-corrected chi connectivity index (χ3v) is 4.02. The van der Waals surface area contributed by atoms with Crippen LogP contribution in [-0.2, 0) is 9.47 Å². The standard InChI is InChI=1S/C15H31NO2/c1-3-16-13-15-8-5-4-7-14(15)9-6-10-18-12-11-17-2/h14-16H,3-13H2,1-2H3. The molecule has 0 aromatic rings. The van der Waals surface area contributed by atoms with Crippen LogP contribution in [0.1, 0.15) is 45.4 Å². The molecule has 1 fully saturated rings. The van der Waals surface area contributed by atoms with Gasteiger partial charge in [0.2, 0.25) is 0 Å². The topological polar surface area (TPSA) is 30.5 Å². The summed E-state index contributed by atoms with van der Waals surface area (Å²) < 4.78 is 10.5. The van der Waals surface area contributed by atoms with E-state index in [1.165, 1.54) is 45.1 Å². The lowest BCUT2D eigenvalue weighted by molar-refractivity contribution is 0.0645. The Balaban J connectivity index is 2.09. The molecule has 3 heteroatoms. The van der Waals surface area contributed by atoms with Crippen molar-refractivity contribution >= 4 is 0 Å². The van der Waals surface area contributed by atoms with Crippen LogP contribution >= 0.6 is 0 Å². The molecular formula is C15H31NO2. The van der Waals surface area contributed by atoms with Crippen molar-refractivity contribution in [2.45, 2.75) is 45.4 Å². The van der Waals surface area contributed by atoms with E-state index in [-0.39, 0.29) is 0 Å². The quantitative estimate of drug-likeness (QED) is 0.610. The van der Waals surface area contributed by atoms with Gasteiger partial charge in [0.15, 0.2) is 0 Å². The summed E-state index contributed by atoms with van der Waals surface area (Å²) in [5.41, 5.74) is 0. The van der Waals surface area contributed by atoms with E-state index < -0.39 is 0 Å². The van der Waals surface area contributed by atoms with Crippen LogP contribution in [0.15, 0.2) is 0 Å². The highest BCUT2D eigenvalue weighted by molar-refractivity contribution is 4.77. The van der Waals surface area contributed by atoms with Crippen molar-refractivity contribution in [3.8, 4) is 0 Å². The van der Waals surface area contributed by atoms with E-state index in [2.05, 4.69) is 12.2 Å². The summed E-state index contributed by atoms with van der Waals surface area (Å²) in [4.78, 5) is 0. The molecule has 2 unspecified atom stereocenters. The Morgan fingerprint density at radius 3 is 2.56 bits per heavy atom. The van der Waals surface area contributed by atoms with Gasteiger partial charge >= 0.3 is 0 Å². The molecule has 2 atom stereocenters. The molecule has 1 saturated carbocycles. The van der Waals surface area contributed by atoms with E-state index in [1.54, 1.807) is 7.11 Å². The molecule has 0 radical (unpaired) electrons. The maximum atomic E-state index is 5.54. The number of ether oxygens (including phenoxy) is 2. The lowest BCUT2D eigenvalue weighted by Gasteiger charge is -2.31. The van der Waals surface area contributed by atoms with Gasteiger partial charge in [-0.3, -0.25) is 0 Å². The van der Waals surface area contributed by atoms with Gasteiger partial charge in [-0.2, -0.15) is 0 Å². The predicted molar refractivity (Wildman–Crippen MR) is 75.9 cm³/mol. The fourth-order valence-electron chi connectivity index (χ4n) is 2.95. The Hall–Kier alpha value is -0.120. The van der Waals surface area contributed by atoms with E-state index in [0.717, 1.165) is 31.6 Å². The van der Waals surface area contributed by atoms with Crippen LogP contribution in [0.5, 0.6) is 0 Å². The molecule has 0 spiro atoms. The summed E-state index contributed by atoms with van der Waals surface area (Å²) >= 11 is 0. The smallest absolute Gasteiger partial charge is 0.0700 e. The van der Waals surface area contributed by atoms with Crippen LogP contribution in [-0.4, -0.2) is 40.0 Å². The van der Waals surface area contributed by atoms with Gasteiger partial charge in [0.1, 0.15) is 0 Å². The van der Waals surface area contributed by atoms with Gasteiger partial charge in [-0.05, 0) is 44.2 Å².